The number of rotatable bonds is 7. The van der Waals surface area contributed by atoms with Crippen LogP contribution in [0, 0.1) is 0 Å². The van der Waals surface area contributed by atoms with E-state index in [9.17, 15) is 0 Å². The maximum atomic E-state index is 6.13. The highest BCUT2D eigenvalue weighted by molar-refractivity contribution is 14.0. The molecule has 7 heteroatoms. The van der Waals surface area contributed by atoms with Crippen LogP contribution in [0.25, 0.3) is 0 Å². The summed E-state index contributed by atoms with van der Waals surface area (Å²) in [5.41, 5.74) is 0. The minimum atomic E-state index is 0. The molecule has 30 heavy (non-hydrogen) atoms. The number of para-hydroxylation sites is 1. The van der Waals surface area contributed by atoms with Gasteiger partial charge in [0.1, 0.15) is 11.9 Å². The predicted octanol–water partition coefficient (Wildman–Crippen LogP) is 3.14. The summed E-state index contributed by atoms with van der Waals surface area (Å²) < 4.78 is 6.13. The number of guanidine groups is 1. The van der Waals surface area contributed by atoms with Crippen LogP contribution in [0.1, 0.15) is 32.6 Å². The molecule has 0 aliphatic carbocycles. The van der Waals surface area contributed by atoms with Crippen molar-refractivity contribution < 1.29 is 4.74 Å². The van der Waals surface area contributed by atoms with Gasteiger partial charge in [-0.3, -0.25) is 4.99 Å². The van der Waals surface area contributed by atoms with Crippen molar-refractivity contribution in [2.24, 2.45) is 4.99 Å². The van der Waals surface area contributed by atoms with E-state index in [1.165, 1.54) is 32.6 Å². The molecule has 0 bridgehead atoms. The number of piperidine rings is 1. The van der Waals surface area contributed by atoms with Gasteiger partial charge in [-0.15, -0.1) is 24.0 Å². The maximum Gasteiger partial charge on any atom is 0.193 e. The van der Waals surface area contributed by atoms with E-state index in [2.05, 4.69) is 34.0 Å². The highest BCUT2D eigenvalue weighted by atomic mass is 127. The summed E-state index contributed by atoms with van der Waals surface area (Å²) in [6, 6.07) is 10.2. The Bertz CT molecular complexity index is 607. The molecule has 2 fully saturated rings. The number of benzene rings is 1. The van der Waals surface area contributed by atoms with E-state index < -0.39 is 0 Å². The van der Waals surface area contributed by atoms with Crippen LogP contribution in [0.4, 0.5) is 0 Å². The molecule has 0 spiro atoms. The molecule has 0 aromatic heterocycles. The Morgan fingerprint density at radius 2 is 1.83 bits per heavy atom. The molecule has 1 aromatic carbocycles. The first kappa shape index (κ1) is 25.2. The van der Waals surface area contributed by atoms with Crippen LogP contribution >= 0.6 is 24.0 Å². The molecular formula is C23H40IN5O. The average Bonchev–Trinajstić information content (AvgIpc) is 2.96. The van der Waals surface area contributed by atoms with Crippen LogP contribution in [0.3, 0.4) is 0 Å². The minimum Gasteiger partial charge on any atom is -0.490 e. The first-order valence-electron chi connectivity index (χ1n) is 11.4. The smallest absolute Gasteiger partial charge is 0.193 e. The highest BCUT2D eigenvalue weighted by Gasteiger charge is 2.22. The molecule has 6 nitrogen and oxygen atoms in total. The fraction of sp³-hybridized carbons (Fsp3) is 0.696. The van der Waals surface area contributed by atoms with E-state index >= 15 is 0 Å². The van der Waals surface area contributed by atoms with Crippen molar-refractivity contribution in [3.63, 3.8) is 0 Å². The fourth-order valence-corrected chi connectivity index (χ4v) is 4.11. The third-order valence-electron chi connectivity index (χ3n) is 5.83. The lowest BCUT2D eigenvalue weighted by Gasteiger charge is -2.34. The van der Waals surface area contributed by atoms with Crippen molar-refractivity contribution in [2.45, 2.75) is 38.7 Å². The molecule has 2 heterocycles. The SMILES string of the molecule is CCNC(=NCCCN1CCCN(C)CC1)N1CCC(Oc2ccccc2)CC1.I. The standard InChI is InChI=1S/C23H39N5O.HI/c1-3-24-23(25-13-7-15-27-16-8-14-26(2)19-20-27)28-17-11-22(12-18-28)29-21-9-5-4-6-10-21;/h4-6,9-10,22H,3,7-8,11-20H2,1-2H3,(H,24,25);1H. The van der Waals surface area contributed by atoms with Crippen LogP contribution in [0.2, 0.25) is 0 Å². The Morgan fingerprint density at radius 3 is 2.57 bits per heavy atom. The monoisotopic (exact) mass is 529 g/mol. The van der Waals surface area contributed by atoms with Crippen LogP contribution in [-0.2, 0) is 0 Å². The van der Waals surface area contributed by atoms with Crippen LogP contribution < -0.4 is 10.1 Å². The zero-order valence-electron chi connectivity index (χ0n) is 18.8. The van der Waals surface area contributed by atoms with Gasteiger partial charge in [0.25, 0.3) is 0 Å². The summed E-state index contributed by atoms with van der Waals surface area (Å²) in [6.07, 6.45) is 4.80. The number of likely N-dealkylation sites (N-methyl/N-ethyl adjacent to an activating group) is 1. The molecule has 1 aromatic rings. The second kappa shape index (κ2) is 14.1. The number of hydrogen-bond donors (Lipinski definition) is 1. The van der Waals surface area contributed by atoms with Gasteiger partial charge < -0.3 is 24.8 Å². The summed E-state index contributed by atoms with van der Waals surface area (Å²) >= 11 is 0. The number of nitrogens with one attached hydrogen (secondary N) is 1. The molecule has 2 saturated heterocycles. The van der Waals surface area contributed by atoms with Crippen LogP contribution in [0.5, 0.6) is 5.75 Å². The molecule has 1 N–H and O–H groups in total. The molecule has 3 rings (SSSR count). The van der Waals surface area contributed by atoms with Crippen molar-refractivity contribution in [3.05, 3.63) is 30.3 Å². The Morgan fingerprint density at radius 1 is 1.07 bits per heavy atom. The Kier molecular flexibility index (Phi) is 11.8. The normalized spacial score (nSPS) is 19.8. The van der Waals surface area contributed by atoms with E-state index in [1.54, 1.807) is 0 Å². The van der Waals surface area contributed by atoms with E-state index in [0.717, 1.165) is 63.7 Å². The minimum absolute atomic E-state index is 0. The Labute approximate surface area is 200 Å². The number of hydrogen-bond acceptors (Lipinski definition) is 4. The van der Waals surface area contributed by atoms with Gasteiger partial charge in [-0.25, -0.2) is 0 Å². The number of likely N-dealkylation sites (tertiary alicyclic amines) is 1. The molecule has 2 aliphatic heterocycles. The van der Waals surface area contributed by atoms with Crippen molar-refractivity contribution in [3.8, 4) is 5.75 Å². The zero-order chi connectivity index (χ0) is 20.3. The number of nitrogens with zero attached hydrogens (tertiary/aromatic N) is 4. The first-order chi connectivity index (χ1) is 14.2. The largest absolute Gasteiger partial charge is 0.490 e. The van der Waals surface area contributed by atoms with Crippen LogP contribution in [0.15, 0.2) is 35.3 Å². The van der Waals surface area contributed by atoms with Crippen molar-refractivity contribution >= 4 is 29.9 Å². The summed E-state index contributed by atoms with van der Waals surface area (Å²) in [4.78, 5) is 12.4. The van der Waals surface area contributed by atoms with E-state index in [1.807, 2.05) is 30.3 Å². The molecule has 0 saturated carbocycles. The maximum absolute atomic E-state index is 6.13. The summed E-state index contributed by atoms with van der Waals surface area (Å²) in [5.74, 6) is 2.05. The average molecular weight is 530 g/mol. The second-order valence-corrected chi connectivity index (χ2v) is 8.20. The Hall–Kier alpha value is -1.06. The van der Waals surface area contributed by atoms with Gasteiger partial charge in [-0.05, 0) is 58.6 Å². The van der Waals surface area contributed by atoms with E-state index in [4.69, 9.17) is 9.73 Å². The zero-order valence-corrected chi connectivity index (χ0v) is 21.1. The van der Waals surface area contributed by atoms with Crippen molar-refractivity contribution in [2.75, 3.05) is 66.0 Å². The van der Waals surface area contributed by atoms with Gasteiger partial charge in [-0.1, -0.05) is 18.2 Å². The van der Waals surface area contributed by atoms with Gasteiger partial charge in [0.2, 0.25) is 0 Å². The topological polar surface area (TPSA) is 43.3 Å². The molecule has 0 radical (unpaired) electrons. The second-order valence-electron chi connectivity index (χ2n) is 8.20. The molecular weight excluding hydrogens is 489 g/mol. The van der Waals surface area contributed by atoms with E-state index in [0.29, 0.717) is 6.10 Å². The van der Waals surface area contributed by atoms with Gasteiger partial charge in [0.15, 0.2) is 5.96 Å². The van der Waals surface area contributed by atoms with Gasteiger partial charge >= 0.3 is 0 Å². The first-order valence-corrected chi connectivity index (χ1v) is 11.4. The Balaban J connectivity index is 0.00000320. The highest BCUT2D eigenvalue weighted by Crippen LogP contribution is 2.18. The molecule has 0 atom stereocenters. The summed E-state index contributed by atoms with van der Waals surface area (Å²) in [6.45, 7) is 11.9. The van der Waals surface area contributed by atoms with Crippen molar-refractivity contribution in [1.29, 1.82) is 0 Å². The number of aliphatic imine (C=N–C) groups is 1. The van der Waals surface area contributed by atoms with Gasteiger partial charge in [-0.2, -0.15) is 0 Å². The molecule has 170 valence electrons. The predicted molar refractivity (Wildman–Crippen MR) is 136 cm³/mol. The third kappa shape index (κ3) is 8.59. The lowest BCUT2D eigenvalue weighted by atomic mass is 10.1. The van der Waals surface area contributed by atoms with Crippen LogP contribution in [-0.4, -0.2) is 92.7 Å². The number of ether oxygens (including phenoxy) is 1. The molecule has 0 amide bonds. The van der Waals surface area contributed by atoms with Gasteiger partial charge in [0, 0.05) is 52.1 Å². The molecule has 0 unspecified atom stereocenters. The molecule has 2 aliphatic rings. The fourth-order valence-electron chi connectivity index (χ4n) is 4.11. The summed E-state index contributed by atoms with van der Waals surface area (Å²) in [7, 11) is 2.23. The lowest BCUT2D eigenvalue weighted by molar-refractivity contribution is 0.129. The van der Waals surface area contributed by atoms with Crippen molar-refractivity contribution in [1.82, 2.24) is 20.0 Å². The van der Waals surface area contributed by atoms with E-state index in [-0.39, 0.29) is 24.0 Å². The van der Waals surface area contributed by atoms with Gasteiger partial charge in [0.05, 0.1) is 0 Å². The quantitative estimate of drug-likeness (QED) is 0.255. The number of halogens is 1. The third-order valence-corrected chi connectivity index (χ3v) is 5.83. The summed E-state index contributed by atoms with van der Waals surface area (Å²) in [5, 5.41) is 3.49. The lowest BCUT2D eigenvalue weighted by Crippen LogP contribution is -2.47.